The van der Waals surface area contributed by atoms with Crippen LogP contribution in [0.1, 0.15) is 48.8 Å². The standard InChI is InChI=1S/C31H35NO5/c1-35-31(34)27(32-30(33)20-23-10-8-9-11-23)18-26-16-17-28(36-21-24-12-4-2-5-13-24)29(19-26)37-22-25-14-6-3-7-15-25/h2-7,12-17,19,23,27H,8-11,18,20-22H2,1H3,(H,32,33)/t27-/m0/s1. The van der Waals surface area contributed by atoms with E-state index in [0.29, 0.717) is 43.5 Å². The fourth-order valence-electron chi connectivity index (χ4n) is 4.68. The lowest BCUT2D eigenvalue weighted by molar-refractivity contribution is -0.145. The molecule has 4 rings (SSSR count). The molecule has 1 fully saturated rings. The Bertz CT molecular complexity index is 1140. The zero-order chi connectivity index (χ0) is 25.9. The van der Waals surface area contributed by atoms with Crippen LogP contribution in [0.2, 0.25) is 0 Å². The van der Waals surface area contributed by atoms with E-state index >= 15 is 0 Å². The van der Waals surface area contributed by atoms with Crippen molar-refractivity contribution >= 4 is 11.9 Å². The number of esters is 1. The summed E-state index contributed by atoms with van der Waals surface area (Å²) in [5.74, 6) is 1.03. The molecule has 1 amide bonds. The molecule has 0 aromatic heterocycles. The molecule has 3 aromatic rings. The average Bonchev–Trinajstić information content (AvgIpc) is 3.44. The Morgan fingerprint density at radius 2 is 1.41 bits per heavy atom. The minimum atomic E-state index is -0.767. The molecule has 37 heavy (non-hydrogen) atoms. The number of benzene rings is 3. The molecule has 1 atom stereocenters. The molecule has 3 aromatic carbocycles. The van der Waals surface area contributed by atoms with E-state index in [1.54, 1.807) is 0 Å². The van der Waals surface area contributed by atoms with Crippen LogP contribution in [0.15, 0.2) is 78.9 Å². The first-order chi connectivity index (χ1) is 18.1. The molecular weight excluding hydrogens is 466 g/mol. The number of ether oxygens (including phenoxy) is 3. The summed E-state index contributed by atoms with van der Waals surface area (Å²) in [7, 11) is 1.34. The normalized spacial score (nSPS) is 14.1. The van der Waals surface area contributed by atoms with Crippen LogP contribution in [0, 0.1) is 5.92 Å². The Balaban J connectivity index is 1.48. The lowest BCUT2D eigenvalue weighted by atomic mass is 10.0. The molecule has 0 radical (unpaired) electrons. The van der Waals surface area contributed by atoms with Gasteiger partial charge in [-0.05, 0) is 47.6 Å². The van der Waals surface area contributed by atoms with Gasteiger partial charge >= 0.3 is 5.97 Å². The predicted octanol–water partition coefficient (Wildman–Crippen LogP) is 5.63. The molecule has 0 heterocycles. The van der Waals surface area contributed by atoms with Gasteiger partial charge in [-0.25, -0.2) is 4.79 Å². The van der Waals surface area contributed by atoms with Crippen LogP contribution in [-0.4, -0.2) is 25.0 Å². The fraction of sp³-hybridized carbons (Fsp3) is 0.355. The minimum Gasteiger partial charge on any atom is -0.485 e. The van der Waals surface area contributed by atoms with E-state index in [1.165, 1.54) is 20.0 Å². The van der Waals surface area contributed by atoms with Crippen molar-refractivity contribution in [2.45, 2.75) is 57.8 Å². The number of hydrogen-bond acceptors (Lipinski definition) is 5. The van der Waals surface area contributed by atoms with Crippen molar-refractivity contribution in [3.8, 4) is 11.5 Å². The van der Waals surface area contributed by atoms with E-state index in [2.05, 4.69) is 5.32 Å². The van der Waals surface area contributed by atoms with Gasteiger partial charge in [0.15, 0.2) is 11.5 Å². The van der Waals surface area contributed by atoms with Crippen molar-refractivity contribution in [2.75, 3.05) is 7.11 Å². The van der Waals surface area contributed by atoms with Crippen LogP contribution in [-0.2, 0) is 34.0 Å². The number of nitrogens with one attached hydrogen (secondary N) is 1. The second kappa shape index (κ2) is 13.5. The SMILES string of the molecule is COC(=O)[C@H](Cc1ccc(OCc2ccccc2)c(OCc2ccccc2)c1)NC(=O)CC1CCCC1. The Morgan fingerprint density at radius 3 is 2.00 bits per heavy atom. The molecular formula is C31H35NO5. The molecule has 0 bridgehead atoms. The highest BCUT2D eigenvalue weighted by atomic mass is 16.5. The molecule has 1 saturated carbocycles. The molecule has 6 nitrogen and oxygen atoms in total. The topological polar surface area (TPSA) is 73.9 Å². The van der Waals surface area contributed by atoms with Gasteiger partial charge in [0.1, 0.15) is 19.3 Å². The van der Waals surface area contributed by atoms with Crippen molar-refractivity contribution in [2.24, 2.45) is 5.92 Å². The molecule has 0 saturated heterocycles. The summed E-state index contributed by atoms with van der Waals surface area (Å²) in [5.41, 5.74) is 2.93. The lowest BCUT2D eigenvalue weighted by Gasteiger charge is -2.19. The van der Waals surface area contributed by atoms with E-state index in [9.17, 15) is 9.59 Å². The first-order valence-electron chi connectivity index (χ1n) is 12.9. The summed E-state index contributed by atoms with van der Waals surface area (Å²) in [6, 6.07) is 24.7. The van der Waals surface area contributed by atoms with Crippen molar-refractivity contribution < 1.29 is 23.8 Å². The first kappa shape index (κ1) is 26.3. The third kappa shape index (κ3) is 8.10. The van der Waals surface area contributed by atoms with Gasteiger partial charge in [0.05, 0.1) is 7.11 Å². The van der Waals surface area contributed by atoms with E-state index < -0.39 is 12.0 Å². The maximum atomic E-state index is 12.7. The quantitative estimate of drug-likeness (QED) is 0.326. The Kier molecular flexibility index (Phi) is 9.58. The zero-order valence-electron chi connectivity index (χ0n) is 21.4. The molecule has 1 N–H and O–H groups in total. The van der Waals surface area contributed by atoms with Crippen molar-refractivity contribution in [3.63, 3.8) is 0 Å². The summed E-state index contributed by atoms with van der Waals surface area (Å²) in [6.45, 7) is 0.786. The Morgan fingerprint density at radius 1 is 0.811 bits per heavy atom. The predicted molar refractivity (Wildman–Crippen MR) is 142 cm³/mol. The second-order valence-corrected chi connectivity index (χ2v) is 9.53. The highest BCUT2D eigenvalue weighted by Gasteiger charge is 2.25. The molecule has 0 aliphatic heterocycles. The van der Waals surface area contributed by atoms with Crippen molar-refractivity contribution in [1.82, 2.24) is 5.32 Å². The largest absolute Gasteiger partial charge is 0.485 e. The van der Waals surface area contributed by atoms with E-state index in [-0.39, 0.29) is 5.91 Å². The van der Waals surface area contributed by atoms with Gasteiger partial charge in [-0.3, -0.25) is 4.79 Å². The molecule has 0 spiro atoms. The highest BCUT2D eigenvalue weighted by molar-refractivity contribution is 5.84. The summed E-state index contributed by atoms with van der Waals surface area (Å²) in [6.07, 6.45) is 5.23. The zero-order valence-corrected chi connectivity index (χ0v) is 21.4. The number of methoxy groups -OCH3 is 1. The number of hydrogen-bond donors (Lipinski definition) is 1. The summed E-state index contributed by atoms with van der Waals surface area (Å²) in [4.78, 5) is 25.2. The summed E-state index contributed by atoms with van der Waals surface area (Å²) in [5, 5.41) is 2.90. The fourth-order valence-corrected chi connectivity index (χ4v) is 4.68. The smallest absolute Gasteiger partial charge is 0.328 e. The first-order valence-corrected chi connectivity index (χ1v) is 12.9. The molecule has 1 aliphatic carbocycles. The van der Waals surface area contributed by atoms with E-state index in [0.717, 1.165) is 29.5 Å². The van der Waals surface area contributed by atoms with Crippen LogP contribution >= 0.6 is 0 Å². The van der Waals surface area contributed by atoms with Gasteiger partial charge in [-0.2, -0.15) is 0 Å². The maximum Gasteiger partial charge on any atom is 0.328 e. The Labute approximate surface area is 218 Å². The minimum absolute atomic E-state index is 0.106. The van der Waals surface area contributed by atoms with Gasteiger partial charge in [0.25, 0.3) is 0 Å². The van der Waals surface area contributed by atoms with Gasteiger partial charge < -0.3 is 19.5 Å². The van der Waals surface area contributed by atoms with Crippen LogP contribution in [0.25, 0.3) is 0 Å². The number of amides is 1. The highest BCUT2D eigenvalue weighted by Crippen LogP contribution is 2.31. The second-order valence-electron chi connectivity index (χ2n) is 9.53. The number of rotatable bonds is 12. The van der Waals surface area contributed by atoms with Gasteiger partial charge in [0.2, 0.25) is 5.91 Å². The molecule has 194 valence electrons. The van der Waals surface area contributed by atoms with Crippen molar-refractivity contribution in [1.29, 1.82) is 0 Å². The van der Waals surface area contributed by atoms with Gasteiger partial charge in [0, 0.05) is 12.8 Å². The number of carbonyl (C=O) groups excluding carboxylic acids is 2. The van der Waals surface area contributed by atoms with Crippen molar-refractivity contribution in [3.05, 3.63) is 95.6 Å². The molecule has 6 heteroatoms. The van der Waals surface area contributed by atoms with Gasteiger partial charge in [-0.15, -0.1) is 0 Å². The van der Waals surface area contributed by atoms with Crippen LogP contribution < -0.4 is 14.8 Å². The maximum absolute atomic E-state index is 12.7. The third-order valence-corrected chi connectivity index (χ3v) is 6.69. The van der Waals surface area contributed by atoms with Crippen LogP contribution in [0.5, 0.6) is 11.5 Å². The summed E-state index contributed by atoms with van der Waals surface area (Å²) < 4.78 is 17.2. The average molecular weight is 502 g/mol. The van der Waals surface area contributed by atoms with Crippen LogP contribution in [0.3, 0.4) is 0 Å². The number of carbonyl (C=O) groups is 2. The summed E-state index contributed by atoms with van der Waals surface area (Å²) >= 11 is 0. The van der Waals surface area contributed by atoms with Crippen LogP contribution in [0.4, 0.5) is 0 Å². The van der Waals surface area contributed by atoms with E-state index in [4.69, 9.17) is 14.2 Å². The Hall–Kier alpha value is -3.80. The van der Waals surface area contributed by atoms with Gasteiger partial charge in [-0.1, -0.05) is 79.6 Å². The third-order valence-electron chi connectivity index (χ3n) is 6.69. The van der Waals surface area contributed by atoms with E-state index in [1.807, 2.05) is 78.9 Å². The lowest BCUT2D eigenvalue weighted by Crippen LogP contribution is -2.43. The monoisotopic (exact) mass is 501 g/mol. The molecule has 1 aliphatic rings. The molecule has 0 unspecified atom stereocenters.